The predicted octanol–water partition coefficient (Wildman–Crippen LogP) is 6.91. The van der Waals surface area contributed by atoms with E-state index in [1.54, 1.807) is 7.11 Å². The molecule has 0 spiro atoms. The Bertz CT molecular complexity index is 401. The average molecular weight is 355 g/mol. The third-order valence-corrected chi connectivity index (χ3v) is 6.92. The predicted molar refractivity (Wildman–Crippen MR) is 108 cm³/mol. The monoisotopic (exact) mass is 354 g/mol. The molecule has 0 heterocycles. The van der Waals surface area contributed by atoms with E-state index in [9.17, 15) is 0 Å². The molecule has 3 heteroatoms. The van der Waals surface area contributed by atoms with E-state index in [-0.39, 0.29) is 0 Å². The van der Waals surface area contributed by atoms with Gasteiger partial charge < -0.3 is 4.74 Å². The molecule has 0 aliphatic heterocycles. The molecular formula is C20H34OS2. The fourth-order valence-electron chi connectivity index (χ4n) is 2.33. The lowest BCUT2D eigenvalue weighted by molar-refractivity contribution is 0.414. The molecule has 0 bridgehead atoms. The van der Waals surface area contributed by atoms with Gasteiger partial charge in [0.15, 0.2) is 0 Å². The van der Waals surface area contributed by atoms with Crippen molar-refractivity contribution in [1.82, 2.24) is 0 Å². The number of benzene rings is 1. The summed E-state index contributed by atoms with van der Waals surface area (Å²) >= 11 is 4.09. The lowest BCUT2D eigenvalue weighted by Crippen LogP contribution is -2.18. The van der Waals surface area contributed by atoms with Gasteiger partial charge in [-0.15, -0.1) is 11.8 Å². The van der Waals surface area contributed by atoms with Crippen molar-refractivity contribution in [3.63, 3.8) is 0 Å². The summed E-state index contributed by atoms with van der Waals surface area (Å²) in [5, 5.41) is 0. The average Bonchev–Trinajstić information content (AvgIpc) is 2.56. The lowest BCUT2D eigenvalue weighted by atomic mass is 10.0. The highest BCUT2D eigenvalue weighted by atomic mass is 32.2. The molecule has 0 N–H and O–H groups in total. The molecule has 23 heavy (non-hydrogen) atoms. The van der Waals surface area contributed by atoms with Gasteiger partial charge in [0, 0.05) is 10.6 Å². The molecule has 0 aromatic heterocycles. The number of hydrogen-bond donors (Lipinski definition) is 0. The minimum Gasteiger partial charge on any atom is -0.497 e. The molecule has 1 nitrogen and oxygen atoms in total. The van der Waals surface area contributed by atoms with Crippen LogP contribution in [0.5, 0.6) is 5.75 Å². The van der Waals surface area contributed by atoms with E-state index in [0.29, 0.717) is 5.41 Å². The van der Waals surface area contributed by atoms with Crippen molar-refractivity contribution in [2.75, 3.05) is 24.4 Å². The second kappa shape index (κ2) is 12.1. The van der Waals surface area contributed by atoms with E-state index in [1.165, 1.54) is 60.7 Å². The molecule has 1 aromatic rings. The number of ether oxygens (including phenoxy) is 1. The van der Waals surface area contributed by atoms with Gasteiger partial charge in [0.2, 0.25) is 0 Å². The molecule has 0 aliphatic rings. The Morgan fingerprint density at radius 3 is 2.22 bits per heavy atom. The van der Waals surface area contributed by atoms with Gasteiger partial charge in [0.1, 0.15) is 5.75 Å². The van der Waals surface area contributed by atoms with E-state index in [1.807, 2.05) is 23.9 Å². The smallest absolute Gasteiger partial charge is 0.118 e. The third kappa shape index (κ3) is 10.2. The summed E-state index contributed by atoms with van der Waals surface area (Å²) in [4.78, 5) is 1.33. The van der Waals surface area contributed by atoms with Crippen molar-refractivity contribution < 1.29 is 4.74 Å². The quantitative estimate of drug-likeness (QED) is 0.281. The van der Waals surface area contributed by atoms with Crippen LogP contribution in [0.15, 0.2) is 29.2 Å². The maximum atomic E-state index is 5.21. The molecule has 0 fully saturated rings. The van der Waals surface area contributed by atoms with Crippen molar-refractivity contribution >= 4 is 23.5 Å². The van der Waals surface area contributed by atoms with Crippen LogP contribution in [0.2, 0.25) is 0 Å². The number of thioether (sulfide) groups is 2. The second-order valence-corrected chi connectivity index (χ2v) is 9.10. The minimum absolute atomic E-state index is 0.386. The van der Waals surface area contributed by atoms with Crippen LogP contribution >= 0.6 is 23.5 Å². The summed E-state index contributed by atoms with van der Waals surface area (Å²) < 4.78 is 5.21. The Hall–Kier alpha value is -0.280. The van der Waals surface area contributed by atoms with Gasteiger partial charge in [0.05, 0.1) is 7.11 Å². The standard InChI is InChI=1S/C20H34OS2/c1-5-6-7-8-9-10-15-22-16-20(2,3)17-23-19-13-11-18(21-4)12-14-19/h11-14H,5-10,15-17H2,1-4H3. The zero-order chi connectivity index (χ0) is 17.0. The molecule has 1 rings (SSSR count). The lowest BCUT2D eigenvalue weighted by Gasteiger charge is -2.23. The maximum Gasteiger partial charge on any atom is 0.118 e. The second-order valence-electron chi connectivity index (χ2n) is 6.95. The van der Waals surface area contributed by atoms with Crippen LogP contribution in [0.4, 0.5) is 0 Å². The summed E-state index contributed by atoms with van der Waals surface area (Å²) in [5.74, 6) is 4.68. The Morgan fingerprint density at radius 2 is 1.57 bits per heavy atom. The third-order valence-electron chi connectivity index (χ3n) is 3.82. The Morgan fingerprint density at radius 1 is 0.913 bits per heavy atom. The van der Waals surface area contributed by atoms with Crippen LogP contribution in [-0.2, 0) is 0 Å². The normalized spacial score (nSPS) is 11.7. The van der Waals surface area contributed by atoms with Crippen LogP contribution in [0.1, 0.15) is 59.3 Å². The zero-order valence-corrected chi connectivity index (χ0v) is 17.0. The van der Waals surface area contributed by atoms with Crippen LogP contribution in [0, 0.1) is 5.41 Å². The topological polar surface area (TPSA) is 9.23 Å². The highest BCUT2D eigenvalue weighted by molar-refractivity contribution is 8.00. The van der Waals surface area contributed by atoms with Crippen LogP contribution in [-0.4, -0.2) is 24.4 Å². The van der Waals surface area contributed by atoms with E-state index < -0.39 is 0 Å². The SMILES string of the molecule is CCCCCCCCSCC(C)(C)CSc1ccc(OC)cc1. The molecule has 1 aromatic carbocycles. The van der Waals surface area contributed by atoms with Crippen molar-refractivity contribution in [3.05, 3.63) is 24.3 Å². The Balaban J connectivity index is 2.12. The van der Waals surface area contributed by atoms with Crippen molar-refractivity contribution in [1.29, 1.82) is 0 Å². The number of unbranched alkanes of at least 4 members (excludes halogenated alkanes) is 5. The van der Waals surface area contributed by atoms with Crippen LogP contribution in [0.3, 0.4) is 0 Å². The largest absolute Gasteiger partial charge is 0.497 e. The first-order valence-corrected chi connectivity index (χ1v) is 11.1. The summed E-state index contributed by atoms with van der Waals surface area (Å²) in [6.07, 6.45) is 8.39. The number of methoxy groups -OCH3 is 1. The highest BCUT2D eigenvalue weighted by Gasteiger charge is 2.18. The van der Waals surface area contributed by atoms with Crippen molar-refractivity contribution in [3.8, 4) is 5.75 Å². The number of rotatable bonds is 13. The highest BCUT2D eigenvalue weighted by Crippen LogP contribution is 2.31. The molecular weight excluding hydrogens is 320 g/mol. The van der Waals surface area contributed by atoms with E-state index in [4.69, 9.17) is 4.74 Å². The van der Waals surface area contributed by atoms with Gasteiger partial charge in [-0.2, -0.15) is 11.8 Å². The van der Waals surface area contributed by atoms with Crippen molar-refractivity contribution in [2.45, 2.75) is 64.2 Å². The molecule has 132 valence electrons. The summed E-state index contributed by atoms with van der Waals surface area (Å²) in [7, 11) is 1.71. The van der Waals surface area contributed by atoms with E-state index in [2.05, 4.69) is 44.7 Å². The van der Waals surface area contributed by atoms with Crippen LogP contribution < -0.4 is 4.74 Å². The maximum absolute atomic E-state index is 5.21. The molecule has 0 atom stereocenters. The molecule has 0 saturated carbocycles. The molecule has 0 saturated heterocycles. The van der Waals surface area contributed by atoms with Gasteiger partial charge in [-0.05, 0) is 47.6 Å². The first-order valence-electron chi connectivity index (χ1n) is 8.92. The fraction of sp³-hybridized carbons (Fsp3) is 0.700. The first-order chi connectivity index (χ1) is 11.1. The van der Waals surface area contributed by atoms with Crippen LogP contribution in [0.25, 0.3) is 0 Å². The van der Waals surface area contributed by atoms with Gasteiger partial charge in [-0.3, -0.25) is 0 Å². The Kier molecular flexibility index (Phi) is 11.0. The minimum atomic E-state index is 0.386. The number of hydrogen-bond acceptors (Lipinski definition) is 3. The van der Waals surface area contributed by atoms with E-state index in [0.717, 1.165) is 5.75 Å². The molecule has 0 radical (unpaired) electrons. The zero-order valence-electron chi connectivity index (χ0n) is 15.4. The van der Waals surface area contributed by atoms with Crippen molar-refractivity contribution in [2.24, 2.45) is 5.41 Å². The molecule has 0 amide bonds. The Labute approximate surface area is 152 Å². The first kappa shape index (κ1) is 20.8. The summed E-state index contributed by atoms with van der Waals surface area (Å²) in [6.45, 7) is 7.05. The van der Waals surface area contributed by atoms with Gasteiger partial charge in [-0.1, -0.05) is 52.9 Å². The molecule has 0 unspecified atom stereocenters. The summed E-state index contributed by atoms with van der Waals surface area (Å²) in [5.41, 5.74) is 0.386. The fourth-order valence-corrected chi connectivity index (χ4v) is 4.65. The van der Waals surface area contributed by atoms with Gasteiger partial charge >= 0.3 is 0 Å². The van der Waals surface area contributed by atoms with Gasteiger partial charge in [0.25, 0.3) is 0 Å². The van der Waals surface area contributed by atoms with Gasteiger partial charge in [-0.25, -0.2) is 0 Å². The molecule has 0 aliphatic carbocycles. The van der Waals surface area contributed by atoms with E-state index >= 15 is 0 Å². The summed E-state index contributed by atoms with van der Waals surface area (Å²) in [6, 6.07) is 8.40.